The molecule has 3 aromatic carbocycles. The maximum Gasteiger partial charge on any atom is 0.251 e. The fourth-order valence-electron chi connectivity index (χ4n) is 3.48. The number of fused-ring (bicyclic) bond motifs is 1. The summed E-state index contributed by atoms with van der Waals surface area (Å²) in [6, 6.07) is 27.3. The third kappa shape index (κ3) is 4.87. The summed E-state index contributed by atoms with van der Waals surface area (Å²) >= 11 is 0. The lowest BCUT2D eigenvalue weighted by Crippen LogP contribution is -2.25. The molecule has 0 aliphatic rings. The van der Waals surface area contributed by atoms with Gasteiger partial charge in [-0.05, 0) is 42.8 Å². The first-order valence-electron chi connectivity index (χ1n) is 10.3. The number of aromatic nitrogens is 2. The van der Waals surface area contributed by atoms with Gasteiger partial charge in [0.1, 0.15) is 18.2 Å². The van der Waals surface area contributed by atoms with Crippen molar-refractivity contribution in [3.63, 3.8) is 0 Å². The van der Waals surface area contributed by atoms with Crippen LogP contribution in [0, 0.1) is 0 Å². The molecular weight excluding hydrogens is 374 g/mol. The number of aryl methyl sites for hydroxylation is 1. The smallest absolute Gasteiger partial charge is 0.251 e. The molecule has 30 heavy (non-hydrogen) atoms. The highest BCUT2D eigenvalue weighted by atomic mass is 16.5. The second-order valence-electron chi connectivity index (χ2n) is 7.06. The minimum atomic E-state index is -0.0413. The molecule has 152 valence electrons. The van der Waals surface area contributed by atoms with Gasteiger partial charge in [0.05, 0.1) is 17.6 Å². The van der Waals surface area contributed by atoms with Crippen molar-refractivity contribution in [3.8, 4) is 5.75 Å². The average Bonchev–Trinajstić information content (AvgIpc) is 3.15. The number of carbonyl (C=O) groups excluding carboxylic acids is 1. The van der Waals surface area contributed by atoms with Gasteiger partial charge in [0, 0.05) is 18.5 Å². The summed E-state index contributed by atoms with van der Waals surface area (Å²) in [5, 5.41) is 2.99. The third-order valence-electron chi connectivity index (χ3n) is 4.96. The summed E-state index contributed by atoms with van der Waals surface area (Å²) in [7, 11) is 0. The fraction of sp³-hybridized carbons (Fsp3) is 0.200. The Morgan fingerprint density at radius 2 is 1.60 bits per heavy atom. The van der Waals surface area contributed by atoms with Crippen LogP contribution in [0.25, 0.3) is 11.0 Å². The quantitative estimate of drug-likeness (QED) is 0.422. The first-order chi connectivity index (χ1) is 14.8. The number of carbonyl (C=O) groups is 1. The van der Waals surface area contributed by atoms with Crippen LogP contribution in [0.1, 0.15) is 22.6 Å². The Morgan fingerprint density at radius 1 is 0.900 bits per heavy atom. The van der Waals surface area contributed by atoms with Crippen LogP contribution in [0.2, 0.25) is 0 Å². The van der Waals surface area contributed by atoms with Gasteiger partial charge in [-0.1, -0.05) is 48.5 Å². The predicted molar refractivity (Wildman–Crippen MR) is 119 cm³/mol. The van der Waals surface area contributed by atoms with E-state index < -0.39 is 0 Å². The molecule has 1 heterocycles. The van der Waals surface area contributed by atoms with Gasteiger partial charge in [-0.3, -0.25) is 4.79 Å². The number of benzene rings is 3. The predicted octanol–water partition coefficient (Wildman–Crippen LogP) is 4.48. The molecule has 0 fully saturated rings. The molecule has 4 rings (SSSR count). The highest BCUT2D eigenvalue weighted by molar-refractivity contribution is 5.94. The maximum absolute atomic E-state index is 12.2. The van der Waals surface area contributed by atoms with E-state index in [2.05, 4.69) is 16.0 Å². The fourth-order valence-corrected chi connectivity index (χ4v) is 3.48. The van der Waals surface area contributed by atoms with Crippen LogP contribution in [0.3, 0.4) is 0 Å². The molecule has 5 heteroatoms. The standard InChI is InChI=1S/C25H25N3O2/c29-25(20-10-3-1-4-11-20)26-17-9-16-24-27-22-14-7-8-15-23(22)28(24)18-19-30-21-12-5-2-6-13-21/h1-8,10-15H,9,16-19H2,(H,26,29). The SMILES string of the molecule is O=C(NCCCc1nc2ccccc2n1CCOc1ccccc1)c1ccccc1. The van der Waals surface area contributed by atoms with Gasteiger partial charge >= 0.3 is 0 Å². The lowest BCUT2D eigenvalue weighted by Gasteiger charge is -2.11. The molecule has 1 N–H and O–H groups in total. The summed E-state index contributed by atoms with van der Waals surface area (Å²) in [5.74, 6) is 1.84. The molecule has 1 amide bonds. The highest BCUT2D eigenvalue weighted by Crippen LogP contribution is 2.17. The van der Waals surface area contributed by atoms with Crippen molar-refractivity contribution in [1.29, 1.82) is 0 Å². The van der Waals surface area contributed by atoms with E-state index in [0.29, 0.717) is 18.7 Å². The van der Waals surface area contributed by atoms with Crippen molar-refractivity contribution in [1.82, 2.24) is 14.9 Å². The van der Waals surface area contributed by atoms with Crippen molar-refractivity contribution in [2.75, 3.05) is 13.2 Å². The number of ether oxygens (including phenoxy) is 1. The minimum absolute atomic E-state index is 0.0413. The van der Waals surface area contributed by atoms with Gasteiger partial charge in [0.2, 0.25) is 0 Å². The molecule has 4 aromatic rings. The number of hydrogen-bond donors (Lipinski definition) is 1. The van der Waals surface area contributed by atoms with E-state index in [1.165, 1.54) is 0 Å². The lowest BCUT2D eigenvalue weighted by atomic mass is 10.2. The van der Waals surface area contributed by atoms with Crippen molar-refractivity contribution in [3.05, 3.63) is 96.3 Å². The molecular formula is C25H25N3O2. The Hall–Kier alpha value is -3.60. The van der Waals surface area contributed by atoms with Crippen LogP contribution >= 0.6 is 0 Å². The zero-order valence-electron chi connectivity index (χ0n) is 16.8. The zero-order chi connectivity index (χ0) is 20.6. The van der Waals surface area contributed by atoms with E-state index in [1.54, 1.807) is 0 Å². The zero-order valence-corrected chi connectivity index (χ0v) is 16.8. The third-order valence-corrected chi connectivity index (χ3v) is 4.96. The van der Waals surface area contributed by atoms with Crippen LogP contribution in [-0.2, 0) is 13.0 Å². The van der Waals surface area contributed by atoms with Crippen LogP contribution in [0.4, 0.5) is 0 Å². The van der Waals surface area contributed by atoms with Gasteiger partial charge in [-0.25, -0.2) is 4.98 Å². The summed E-state index contributed by atoms with van der Waals surface area (Å²) in [6.07, 6.45) is 1.61. The Bertz CT molecular complexity index is 1090. The van der Waals surface area contributed by atoms with Crippen molar-refractivity contribution < 1.29 is 9.53 Å². The van der Waals surface area contributed by atoms with Crippen LogP contribution in [-0.4, -0.2) is 28.6 Å². The summed E-state index contributed by atoms with van der Waals surface area (Å²) in [4.78, 5) is 17.0. The lowest BCUT2D eigenvalue weighted by molar-refractivity contribution is 0.0953. The molecule has 0 unspecified atom stereocenters. The normalized spacial score (nSPS) is 10.8. The molecule has 0 aliphatic carbocycles. The summed E-state index contributed by atoms with van der Waals surface area (Å²) in [6.45, 7) is 1.90. The second kappa shape index (κ2) is 9.74. The van der Waals surface area contributed by atoms with Gasteiger partial charge in [0.15, 0.2) is 0 Å². The molecule has 0 saturated heterocycles. The van der Waals surface area contributed by atoms with E-state index in [1.807, 2.05) is 78.9 Å². The van der Waals surface area contributed by atoms with Gasteiger partial charge in [0.25, 0.3) is 5.91 Å². The first kappa shape index (κ1) is 19.7. The van der Waals surface area contributed by atoms with Gasteiger partial charge in [-0.2, -0.15) is 0 Å². The summed E-state index contributed by atoms with van der Waals surface area (Å²) in [5.41, 5.74) is 2.78. The van der Waals surface area contributed by atoms with E-state index in [-0.39, 0.29) is 5.91 Å². The van der Waals surface area contributed by atoms with Crippen molar-refractivity contribution in [2.45, 2.75) is 19.4 Å². The molecule has 1 aromatic heterocycles. The molecule has 5 nitrogen and oxygen atoms in total. The number of rotatable bonds is 9. The minimum Gasteiger partial charge on any atom is -0.492 e. The summed E-state index contributed by atoms with van der Waals surface area (Å²) < 4.78 is 8.10. The van der Waals surface area contributed by atoms with Gasteiger partial charge in [-0.15, -0.1) is 0 Å². The second-order valence-corrected chi connectivity index (χ2v) is 7.06. The number of hydrogen-bond acceptors (Lipinski definition) is 3. The average molecular weight is 399 g/mol. The molecule has 0 atom stereocenters. The number of nitrogens with one attached hydrogen (secondary N) is 1. The number of amides is 1. The van der Waals surface area contributed by atoms with Crippen molar-refractivity contribution in [2.24, 2.45) is 0 Å². The molecule has 0 saturated carbocycles. The van der Waals surface area contributed by atoms with Crippen molar-refractivity contribution >= 4 is 16.9 Å². The Balaban J connectivity index is 1.36. The van der Waals surface area contributed by atoms with E-state index in [4.69, 9.17) is 9.72 Å². The number of imidazole rings is 1. The first-order valence-corrected chi connectivity index (χ1v) is 10.3. The monoisotopic (exact) mass is 399 g/mol. The Morgan fingerprint density at radius 3 is 2.40 bits per heavy atom. The molecule has 0 bridgehead atoms. The topological polar surface area (TPSA) is 56.2 Å². The van der Waals surface area contributed by atoms with E-state index in [9.17, 15) is 4.79 Å². The number of para-hydroxylation sites is 3. The Labute approximate surface area is 176 Å². The van der Waals surface area contributed by atoms with Gasteiger partial charge < -0.3 is 14.6 Å². The largest absolute Gasteiger partial charge is 0.492 e. The van der Waals surface area contributed by atoms with Crippen LogP contribution in [0.15, 0.2) is 84.9 Å². The van der Waals surface area contributed by atoms with Crippen LogP contribution < -0.4 is 10.1 Å². The van der Waals surface area contributed by atoms with E-state index in [0.717, 1.165) is 42.0 Å². The molecule has 0 aliphatic heterocycles. The molecule has 0 spiro atoms. The maximum atomic E-state index is 12.2. The molecule has 0 radical (unpaired) electrons. The van der Waals surface area contributed by atoms with E-state index >= 15 is 0 Å². The number of nitrogens with zero attached hydrogens (tertiary/aromatic N) is 2. The highest BCUT2D eigenvalue weighted by Gasteiger charge is 2.11. The Kier molecular flexibility index (Phi) is 6.40. The van der Waals surface area contributed by atoms with Crippen LogP contribution in [0.5, 0.6) is 5.75 Å².